The normalized spacial score (nSPS) is 10.3. The van der Waals surface area contributed by atoms with E-state index >= 15 is 0 Å². The zero-order valence-electron chi connectivity index (χ0n) is 10.8. The summed E-state index contributed by atoms with van der Waals surface area (Å²) in [5.41, 5.74) is 1.28. The van der Waals surface area contributed by atoms with Gasteiger partial charge in [-0.1, -0.05) is 11.6 Å². The van der Waals surface area contributed by atoms with Gasteiger partial charge in [-0.05, 0) is 13.8 Å². The van der Waals surface area contributed by atoms with Crippen molar-refractivity contribution < 1.29 is 14.3 Å². The van der Waals surface area contributed by atoms with Gasteiger partial charge < -0.3 is 9.47 Å². The molecule has 0 spiro atoms. The first-order valence-corrected chi connectivity index (χ1v) is 5.51. The maximum absolute atomic E-state index is 11.0. The fourth-order valence-corrected chi connectivity index (χ4v) is 1.18. The molecule has 0 saturated carbocycles. The lowest BCUT2D eigenvalue weighted by Crippen LogP contribution is -2.30. The summed E-state index contributed by atoms with van der Waals surface area (Å²) in [5, 5.41) is 0. The quantitative estimate of drug-likeness (QED) is 0.466. The molecule has 0 heterocycles. The SMILES string of the molecule is COCCN(CC=C(C)C)CCC(=O)OC. The van der Waals surface area contributed by atoms with Crippen LogP contribution in [-0.4, -0.2) is 51.3 Å². The molecular formula is C12H23NO3. The summed E-state index contributed by atoms with van der Waals surface area (Å²) in [6.07, 6.45) is 2.57. The highest BCUT2D eigenvalue weighted by Gasteiger charge is 2.06. The second kappa shape index (κ2) is 9.36. The molecule has 0 amide bonds. The molecule has 0 rings (SSSR count). The zero-order chi connectivity index (χ0) is 12.4. The predicted octanol–water partition coefficient (Wildman–Crippen LogP) is 1.46. The van der Waals surface area contributed by atoms with E-state index in [1.807, 2.05) is 0 Å². The van der Waals surface area contributed by atoms with Crippen molar-refractivity contribution in [2.75, 3.05) is 40.5 Å². The van der Waals surface area contributed by atoms with Crippen LogP contribution in [0.3, 0.4) is 0 Å². The van der Waals surface area contributed by atoms with Gasteiger partial charge in [-0.3, -0.25) is 9.69 Å². The fourth-order valence-electron chi connectivity index (χ4n) is 1.18. The van der Waals surface area contributed by atoms with Gasteiger partial charge in [-0.15, -0.1) is 0 Å². The molecule has 0 unspecified atom stereocenters. The molecule has 0 radical (unpaired) electrons. The molecule has 0 aromatic carbocycles. The molecule has 4 nitrogen and oxygen atoms in total. The van der Waals surface area contributed by atoms with Crippen LogP contribution in [0.1, 0.15) is 20.3 Å². The highest BCUT2D eigenvalue weighted by atomic mass is 16.5. The Kier molecular flexibility index (Phi) is 8.85. The van der Waals surface area contributed by atoms with Crippen LogP contribution < -0.4 is 0 Å². The van der Waals surface area contributed by atoms with Crippen LogP contribution in [0.4, 0.5) is 0 Å². The van der Waals surface area contributed by atoms with Crippen molar-refractivity contribution in [3.05, 3.63) is 11.6 Å². The van der Waals surface area contributed by atoms with Gasteiger partial charge in [0, 0.05) is 26.7 Å². The number of nitrogens with zero attached hydrogens (tertiary/aromatic N) is 1. The molecule has 0 fully saturated rings. The van der Waals surface area contributed by atoms with Crippen LogP contribution in [0.25, 0.3) is 0 Å². The number of hydrogen-bond acceptors (Lipinski definition) is 4. The molecule has 0 atom stereocenters. The number of rotatable bonds is 8. The van der Waals surface area contributed by atoms with Gasteiger partial charge in [0.2, 0.25) is 0 Å². The molecular weight excluding hydrogens is 206 g/mol. The molecule has 0 aliphatic carbocycles. The minimum Gasteiger partial charge on any atom is -0.469 e. The van der Waals surface area contributed by atoms with Gasteiger partial charge in [0.1, 0.15) is 0 Å². The molecule has 0 aromatic heterocycles. The Morgan fingerprint density at radius 3 is 2.44 bits per heavy atom. The monoisotopic (exact) mass is 229 g/mol. The van der Waals surface area contributed by atoms with Gasteiger partial charge in [-0.25, -0.2) is 0 Å². The van der Waals surface area contributed by atoms with Gasteiger partial charge in [0.15, 0.2) is 0 Å². The minimum atomic E-state index is -0.167. The van der Waals surface area contributed by atoms with Crippen molar-refractivity contribution in [1.29, 1.82) is 0 Å². The average Bonchev–Trinajstić information content (AvgIpc) is 2.27. The third-order valence-corrected chi connectivity index (χ3v) is 2.23. The zero-order valence-corrected chi connectivity index (χ0v) is 10.8. The van der Waals surface area contributed by atoms with Crippen molar-refractivity contribution >= 4 is 5.97 Å². The first-order valence-electron chi connectivity index (χ1n) is 5.51. The van der Waals surface area contributed by atoms with E-state index in [9.17, 15) is 4.79 Å². The largest absolute Gasteiger partial charge is 0.469 e. The van der Waals surface area contributed by atoms with Crippen LogP contribution in [0.5, 0.6) is 0 Å². The van der Waals surface area contributed by atoms with E-state index in [1.165, 1.54) is 12.7 Å². The first kappa shape index (κ1) is 15.1. The predicted molar refractivity (Wildman–Crippen MR) is 64.4 cm³/mol. The highest BCUT2D eigenvalue weighted by molar-refractivity contribution is 5.69. The molecule has 0 aromatic rings. The van der Waals surface area contributed by atoms with E-state index in [0.717, 1.165) is 13.1 Å². The van der Waals surface area contributed by atoms with Crippen LogP contribution >= 0.6 is 0 Å². The summed E-state index contributed by atoms with van der Waals surface area (Å²) >= 11 is 0. The minimum absolute atomic E-state index is 0.167. The number of ether oxygens (including phenoxy) is 2. The van der Waals surface area contributed by atoms with E-state index in [4.69, 9.17) is 4.74 Å². The van der Waals surface area contributed by atoms with Crippen molar-refractivity contribution in [2.24, 2.45) is 0 Å². The molecule has 4 heteroatoms. The summed E-state index contributed by atoms with van der Waals surface area (Å²) in [6, 6.07) is 0. The Balaban J connectivity index is 3.99. The Bertz CT molecular complexity index is 222. The second-order valence-corrected chi connectivity index (χ2v) is 3.90. The molecule has 16 heavy (non-hydrogen) atoms. The summed E-state index contributed by atoms with van der Waals surface area (Å²) in [6.45, 7) is 7.20. The number of hydrogen-bond donors (Lipinski definition) is 0. The molecule has 0 aliphatic heterocycles. The summed E-state index contributed by atoms with van der Waals surface area (Å²) in [5.74, 6) is -0.167. The number of allylic oxidation sites excluding steroid dienone is 1. The molecule has 0 N–H and O–H groups in total. The van der Waals surface area contributed by atoms with Crippen molar-refractivity contribution in [2.45, 2.75) is 20.3 Å². The van der Waals surface area contributed by atoms with Crippen molar-refractivity contribution in [3.8, 4) is 0 Å². The molecule has 0 aliphatic rings. The fraction of sp³-hybridized carbons (Fsp3) is 0.750. The average molecular weight is 229 g/mol. The number of carbonyl (C=O) groups is 1. The Hall–Kier alpha value is -0.870. The summed E-state index contributed by atoms with van der Waals surface area (Å²) in [7, 11) is 3.09. The van der Waals surface area contributed by atoms with Crippen molar-refractivity contribution in [3.63, 3.8) is 0 Å². The van der Waals surface area contributed by atoms with E-state index in [-0.39, 0.29) is 5.97 Å². The van der Waals surface area contributed by atoms with Gasteiger partial charge >= 0.3 is 5.97 Å². The van der Waals surface area contributed by atoms with Crippen LogP contribution in [0.15, 0.2) is 11.6 Å². The van der Waals surface area contributed by atoms with E-state index in [1.54, 1.807) is 7.11 Å². The lowest BCUT2D eigenvalue weighted by molar-refractivity contribution is -0.141. The van der Waals surface area contributed by atoms with Gasteiger partial charge in [-0.2, -0.15) is 0 Å². The van der Waals surface area contributed by atoms with Crippen LogP contribution in [0.2, 0.25) is 0 Å². The topological polar surface area (TPSA) is 38.8 Å². The van der Waals surface area contributed by atoms with E-state index in [2.05, 4.69) is 29.6 Å². The standard InChI is InChI=1S/C12H23NO3/c1-11(2)5-7-13(9-10-15-3)8-6-12(14)16-4/h5H,6-10H2,1-4H3. The van der Waals surface area contributed by atoms with Crippen LogP contribution in [-0.2, 0) is 14.3 Å². The van der Waals surface area contributed by atoms with E-state index in [0.29, 0.717) is 19.6 Å². The highest BCUT2D eigenvalue weighted by Crippen LogP contribution is 1.97. The summed E-state index contributed by atoms with van der Waals surface area (Å²) < 4.78 is 9.65. The smallest absolute Gasteiger partial charge is 0.306 e. The maximum Gasteiger partial charge on any atom is 0.306 e. The Labute approximate surface area is 98.2 Å². The van der Waals surface area contributed by atoms with Gasteiger partial charge in [0.05, 0.1) is 20.1 Å². The third-order valence-electron chi connectivity index (χ3n) is 2.23. The first-order chi connectivity index (χ1) is 7.60. The van der Waals surface area contributed by atoms with E-state index < -0.39 is 0 Å². The number of esters is 1. The molecule has 0 saturated heterocycles. The second-order valence-electron chi connectivity index (χ2n) is 3.90. The third kappa shape index (κ3) is 8.44. The van der Waals surface area contributed by atoms with Crippen molar-refractivity contribution in [1.82, 2.24) is 4.90 Å². The Morgan fingerprint density at radius 1 is 1.25 bits per heavy atom. The lowest BCUT2D eigenvalue weighted by Gasteiger charge is -2.19. The lowest BCUT2D eigenvalue weighted by atomic mass is 10.3. The Morgan fingerprint density at radius 2 is 1.94 bits per heavy atom. The number of carbonyl (C=O) groups excluding carboxylic acids is 1. The van der Waals surface area contributed by atoms with Gasteiger partial charge in [0.25, 0.3) is 0 Å². The summed E-state index contributed by atoms with van der Waals surface area (Å²) in [4.78, 5) is 13.2. The molecule has 94 valence electrons. The maximum atomic E-state index is 11.0. The number of methoxy groups -OCH3 is 2. The molecule has 0 bridgehead atoms. The van der Waals surface area contributed by atoms with Crippen LogP contribution in [0, 0.1) is 0 Å².